The predicted octanol–water partition coefficient (Wildman–Crippen LogP) is 6.66. The number of aliphatic hydroxyl groups is 1. The van der Waals surface area contributed by atoms with Crippen LogP contribution in [0.5, 0.6) is 0 Å². The highest BCUT2D eigenvalue weighted by Crippen LogP contribution is 2.43. The number of anilines is 1. The van der Waals surface area contributed by atoms with Gasteiger partial charge in [-0.2, -0.15) is 0 Å². The van der Waals surface area contributed by atoms with Crippen LogP contribution in [-0.4, -0.2) is 43.9 Å². The Bertz CT molecular complexity index is 1800. The summed E-state index contributed by atoms with van der Waals surface area (Å²) in [6.07, 6.45) is 0.325. The van der Waals surface area contributed by atoms with Crippen LogP contribution in [0.1, 0.15) is 56.9 Å². The number of ether oxygens (including phenoxy) is 2. The maximum absolute atomic E-state index is 12.9. The topological polar surface area (TPSA) is 131 Å². The molecule has 1 aliphatic rings. The van der Waals surface area contributed by atoms with Crippen LogP contribution in [0.25, 0.3) is 11.0 Å². The van der Waals surface area contributed by atoms with E-state index in [0.717, 1.165) is 27.1 Å². The molecule has 0 saturated carbocycles. The molecule has 5 aromatic rings. The second-order valence-electron chi connectivity index (χ2n) is 10.8. The molecule has 9 nitrogen and oxygen atoms in total. The van der Waals surface area contributed by atoms with Gasteiger partial charge in [0.15, 0.2) is 6.29 Å². The Hall–Kier alpha value is -4.61. The van der Waals surface area contributed by atoms with Crippen molar-refractivity contribution in [1.29, 1.82) is 0 Å². The van der Waals surface area contributed by atoms with Crippen LogP contribution in [0, 0.1) is 5.92 Å². The fourth-order valence-electron chi connectivity index (χ4n) is 5.17. The molecule has 0 radical (unpaired) electrons. The van der Waals surface area contributed by atoms with E-state index in [9.17, 15) is 19.8 Å². The average molecular weight is 622 g/mol. The predicted molar refractivity (Wildman–Crippen MR) is 171 cm³/mol. The first-order chi connectivity index (χ1) is 21.9. The summed E-state index contributed by atoms with van der Waals surface area (Å²) in [4.78, 5) is 33.8. The van der Waals surface area contributed by atoms with E-state index in [4.69, 9.17) is 9.47 Å². The van der Waals surface area contributed by atoms with Gasteiger partial charge in [0.2, 0.25) is 0 Å². The minimum atomic E-state index is -0.959. The van der Waals surface area contributed by atoms with E-state index in [0.29, 0.717) is 17.0 Å². The molecule has 6 rings (SSSR count). The lowest BCUT2D eigenvalue weighted by Gasteiger charge is -2.41. The lowest BCUT2D eigenvalue weighted by atomic mass is 9.91. The number of aliphatic hydroxyl groups excluding tert-OH is 1. The van der Waals surface area contributed by atoms with Crippen molar-refractivity contribution in [2.24, 2.45) is 5.92 Å². The van der Waals surface area contributed by atoms with Gasteiger partial charge in [-0.3, -0.25) is 9.78 Å². The lowest BCUT2D eigenvalue weighted by Crippen LogP contribution is -2.38. The van der Waals surface area contributed by atoms with Crippen LogP contribution < -0.4 is 5.32 Å². The van der Waals surface area contributed by atoms with Crippen molar-refractivity contribution in [1.82, 2.24) is 9.97 Å². The maximum Gasteiger partial charge on any atom is 0.335 e. The van der Waals surface area contributed by atoms with E-state index in [2.05, 4.69) is 22.2 Å². The van der Waals surface area contributed by atoms with Crippen LogP contribution in [0.15, 0.2) is 108 Å². The number of carbonyl (C=O) groups excluding carboxylic acids is 1. The zero-order valence-electron chi connectivity index (χ0n) is 24.4. The third kappa shape index (κ3) is 7.05. The summed E-state index contributed by atoms with van der Waals surface area (Å²) in [5.41, 5.74) is 5.01. The van der Waals surface area contributed by atoms with Crippen LogP contribution >= 0.6 is 11.8 Å². The van der Waals surface area contributed by atoms with Crippen molar-refractivity contribution >= 4 is 40.4 Å². The molecular weight excluding hydrogens is 590 g/mol. The standard InChI is InChI=1S/C35H31N3O6S/c1-21-31(20-45-27-16-12-24(13-17-27)34(41)42)43-35(44-32(21)23-8-6-22(19-39)7-9-23)25-10-14-26(15-11-25)37-33(40)30-18-36-28-4-2-3-5-29(28)38-30/h2-18,21,31-32,35,39H,19-20H2,1H3,(H,37,40)(H,41,42)/t21-,31+,32+,35+/m1/s1. The Balaban J connectivity index is 1.19. The molecule has 1 amide bonds. The van der Waals surface area contributed by atoms with Gasteiger partial charge in [-0.05, 0) is 59.7 Å². The number of nitrogens with one attached hydrogen (secondary N) is 1. The van der Waals surface area contributed by atoms with Gasteiger partial charge in [0.05, 0.1) is 41.6 Å². The van der Waals surface area contributed by atoms with E-state index in [1.807, 2.05) is 60.7 Å². The zero-order valence-corrected chi connectivity index (χ0v) is 25.2. The van der Waals surface area contributed by atoms with E-state index >= 15 is 0 Å². The van der Waals surface area contributed by atoms with E-state index in [-0.39, 0.29) is 41.9 Å². The van der Waals surface area contributed by atoms with E-state index in [1.54, 1.807) is 48.2 Å². The number of nitrogens with zero attached hydrogens (tertiary/aromatic N) is 2. The molecule has 0 spiro atoms. The minimum Gasteiger partial charge on any atom is -0.478 e. The summed E-state index contributed by atoms with van der Waals surface area (Å²) in [6.45, 7) is 2.05. The van der Waals surface area contributed by atoms with Crippen LogP contribution in [0.3, 0.4) is 0 Å². The van der Waals surface area contributed by atoms with Crippen molar-refractivity contribution < 1.29 is 29.3 Å². The first-order valence-electron chi connectivity index (χ1n) is 14.5. The zero-order chi connectivity index (χ0) is 31.3. The van der Waals surface area contributed by atoms with Gasteiger partial charge in [0, 0.05) is 27.8 Å². The number of thioether (sulfide) groups is 1. The molecule has 1 aliphatic heterocycles. The van der Waals surface area contributed by atoms with Gasteiger partial charge in [0.25, 0.3) is 5.91 Å². The fraction of sp³-hybridized carbons (Fsp3) is 0.200. The number of para-hydroxylation sites is 2. The molecule has 4 aromatic carbocycles. The summed E-state index contributed by atoms with van der Waals surface area (Å²) in [5, 5.41) is 21.6. The van der Waals surface area contributed by atoms with Gasteiger partial charge in [-0.25, -0.2) is 9.78 Å². The number of hydrogen-bond donors (Lipinski definition) is 3. The second kappa shape index (κ2) is 13.6. The highest BCUT2D eigenvalue weighted by molar-refractivity contribution is 7.99. The number of benzene rings is 4. The number of hydrogen-bond acceptors (Lipinski definition) is 8. The molecule has 10 heteroatoms. The van der Waals surface area contributed by atoms with Crippen molar-refractivity contribution in [3.8, 4) is 0 Å². The van der Waals surface area contributed by atoms with Gasteiger partial charge in [0.1, 0.15) is 5.69 Å². The molecule has 1 fully saturated rings. The third-order valence-electron chi connectivity index (χ3n) is 7.76. The van der Waals surface area contributed by atoms with Crippen LogP contribution in [0.4, 0.5) is 5.69 Å². The monoisotopic (exact) mass is 621 g/mol. The summed E-state index contributed by atoms with van der Waals surface area (Å²) < 4.78 is 13.0. The molecule has 0 unspecified atom stereocenters. The highest BCUT2D eigenvalue weighted by Gasteiger charge is 2.38. The van der Waals surface area contributed by atoms with E-state index in [1.165, 1.54) is 6.20 Å². The maximum atomic E-state index is 12.9. The molecule has 1 saturated heterocycles. The van der Waals surface area contributed by atoms with Crippen LogP contribution in [0.2, 0.25) is 0 Å². The summed E-state index contributed by atoms with van der Waals surface area (Å²) in [5.74, 6) is -0.702. The molecule has 1 aromatic heterocycles. The van der Waals surface area contributed by atoms with E-state index < -0.39 is 12.3 Å². The minimum absolute atomic E-state index is 0.00589. The summed E-state index contributed by atoms with van der Waals surface area (Å²) in [6, 6.07) is 29.2. The Morgan fingerprint density at radius 3 is 2.24 bits per heavy atom. The highest BCUT2D eigenvalue weighted by atomic mass is 32.2. The molecule has 0 bridgehead atoms. The molecule has 4 atom stereocenters. The summed E-state index contributed by atoms with van der Waals surface area (Å²) >= 11 is 1.59. The number of fused-ring (bicyclic) bond motifs is 1. The molecule has 0 aliphatic carbocycles. The second-order valence-corrected chi connectivity index (χ2v) is 11.9. The van der Waals surface area contributed by atoms with Gasteiger partial charge >= 0.3 is 5.97 Å². The third-order valence-corrected chi connectivity index (χ3v) is 8.86. The number of carboxylic acids is 1. The molecule has 228 valence electrons. The van der Waals surface area contributed by atoms with Gasteiger partial charge in [-0.1, -0.05) is 55.5 Å². The Morgan fingerprint density at radius 2 is 1.56 bits per heavy atom. The smallest absolute Gasteiger partial charge is 0.335 e. The van der Waals surface area contributed by atoms with Gasteiger partial charge in [-0.15, -0.1) is 11.8 Å². The first kappa shape index (κ1) is 30.4. The van der Waals surface area contributed by atoms with Crippen molar-refractivity contribution in [3.05, 3.63) is 131 Å². The van der Waals surface area contributed by atoms with Crippen LogP contribution in [-0.2, 0) is 16.1 Å². The number of aromatic carboxylic acids is 1. The first-order valence-corrected chi connectivity index (χ1v) is 15.5. The molecule has 45 heavy (non-hydrogen) atoms. The van der Waals surface area contributed by atoms with Crippen molar-refractivity contribution in [3.63, 3.8) is 0 Å². The number of carboxylic acid groups (broad SMARTS) is 1. The SMILES string of the molecule is C[C@@H]1[C@H](CSc2ccc(C(=O)O)cc2)O[C@H](c2ccc(NC(=O)c3cnc4ccccc4n3)cc2)O[C@@H]1c1ccc(CO)cc1. The summed E-state index contributed by atoms with van der Waals surface area (Å²) in [7, 11) is 0. The number of amides is 1. The van der Waals surface area contributed by atoms with Crippen molar-refractivity contribution in [2.75, 3.05) is 11.1 Å². The fourth-order valence-corrected chi connectivity index (χ4v) is 6.23. The van der Waals surface area contributed by atoms with Gasteiger partial charge < -0.3 is 25.0 Å². The molecule has 3 N–H and O–H groups in total. The normalized spacial score (nSPS) is 19.7. The Labute approximate surface area is 264 Å². The van der Waals surface area contributed by atoms with Crippen molar-refractivity contribution in [2.45, 2.75) is 36.9 Å². The Kier molecular flexibility index (Phi) is 9.18. The average Bonchev–Trinajstić information content (AvgIpc) is 3.08. The molecular formula is C35H31N3O6S. The largest absolute Gasteiger partial charge is 0.478 e. The number of aromatic nitrogens is 2. The number of rotatable bonds is 9. The number of carbonyl (C=O) groups is 2. The Morgan fingerprint density at radius 1 is 0.867 bits per heavy atom. The molecule has 2 heterocycles. The quantitative estimate of drug-likeness (QED) is 0.155. The lowest BCUT2D eigenvalue weighted by molar-refractivity contribution is -0.268.